The van der Waals surface area contributed by atoms with Crippen molar-refractivity contribution in [2.75, 3.05) is 5.32 Å². The van der Waals surface area contributed by atoms with Crippen molar-refractivity contribution in [2.45, 2.75) is 19.3 Å². The number of rotatable bonds is 2. The van der Waals surface area contributed by atoms with E-state index in [-0.39, 0.29) is 0 Å². The standard InChI is InChI=1S/C17H14BrN3/c18-13-9-16-17(20-10-13)15(6-7-19-16)21-14-5-4-11-2-1-3-12(11)8-14/h4-10H,1-3H2,(H,19,21). The maximum atomic E-state index is 4.48. The molecule has 0 unspecified atom stereocenters. The summed E-state index contributed by atoms with van der Waals surface area (Å²) >= 11 is 3.43. The highest BCUT2D eigenvalue weighted by atomic mass is 79.9. The van der Waals surface area contributed by atoms with Gasteiger partial charge < -0.3 is 5.32 Å². The number of nitrogens with one attached hydrogen (secondary N) is 1. The Kier molecular flexibility index (Phi) is 3.11. The average Bonchev–Trinajstić information content (AvgIpc) is 2.95. The number of hydrogen-bond donors (Lipinski definition) is 1. The van der Waals surface area contributed by atoms with E-state index in [1.54, 1.807) is 6.20 Å². The van der Waals surface area contributed by atoms with Crippen LogP contribution in [0.1, 0.15) is 17.5 Å². The highest BCUT2D eigenvalue weighted by Gasteiger charge is 2.11. The van der Waals surface area contributed by atoms with Gasteiger partial charge >= 0.3 is 0 Å². The van der Waals surface area contributed by atoms with E-state index in [1.165, 1.54) is 30.4 Å². The van der Waals surface area contributed by atoms with Gasteiger partial charge in [-0.3, -0.25) is 9.97 Å². The molecule has 1 aromatic carbocycles. The third kappa shape index (κ3) is 2.40. The predicted molar refractivity (Wildman–Crippen MR) is 89.0 cm³/mol. The molecular formula is C17H14BrN3. The Hall–Kier alpha value is -1.94. The molecule has 0 spiro atoms. The minimum atomic E-state index is 0.885. The van der Waals surface area contributed by atoms with Crippen LogP contribution in [-0.2, 0) is 12.8 Å². The smallest absolute Gasteiger partial charge is 0.112 e. The highest BCUT2D eigenvalue weighted by Crippen LogP contribution is 2.29. The van der Waals surface area contributed by atoms with Crippen molar-refractivity contribution < 1.29 is 0 Å². The van der Waals surface area contributed by atoms with Gasteiger partial charge in [0.05, 0.1) is 11.2 Å². The molecule has 1 N–H and O–H groups in total. The summed E-state index contributed by atoms with van der Waals surface area (Å²) in [7, 11) is 0. The molecule has 3 aromatic rings. The fourth-order valence-corrected chi connectivity index (χ4v) is 3.23. The van der Waals surface area contributed by atoms with Crippen LogP contribution in [0.2, 0.25) is 0 Å². The van der Waals surface area contributed by atoms with Crippen molar-refractivity contribution in [1.29, 1.82) is 0 Å². The Bertz CT molecular complexity index is 829. The zero-order valence-corrected chi connectivity index (χ0v) is 13.0. The van der Waals surface area contributed by atoms with Crippen LogP contribution >= 0.6 is 15.9 Å². The molecule has 0 bridgehead atoms. The Labute approximate surface area is 131 Å². The summed E-state index contributed by atoms with van der Waals surface area (Å²) in [6, 6.07) is 10.6. The molecule has 0 aliphatic heterocycles. The van der Waals surface area contributed by atoms with E-state index >= 15 is 0 Å². The lowest BCUT2D eigenvalue weighted by atomic mass is 10.1. The highest BCUT2D eigenvalue weighted by molar-refractivity contribution is 9.10. The maximum Gasteiger partial charge on any atom is 0.112 e. The van der Waals surface area contributed by atoms with Crippen molar-refractivity contribution in [2.24, 2.45) is 0 Å². The first-order chi connectivity index (χ1) is 10.3. The van der Waals surface area contributed by atoms with E-state index in [0.29, 0.717) is 0 Å². The molecule has 1 aliphatic rings. The van der Waals surface area contributed by atoms with Gasteiger partial charge in [0.2, 0.25) is 0 Å². The Morgan fingerprint density at radius 3 is 2.86 bits per heavy atom. The van der Waals surface area contributed by atoms with Crippen molar-refractivity contribution >= 4 is 38.3 Å². The number of pyridine rings is 2. The van der Waals surface area contributed by atoms with Gasteiger partial charge in [0.25, 0.3) is 0 Å². The number of aromatic nitrogens is 2. The molecule has 0 saturated heterocycles. The molecule has 104 valence electrons. The van der Waals surface area contributed by atoms with Crippen LogP contribution in [0.5, 0.6) is 0 Å². The molecule has 0 fully saturated rings. The van der Waals surface area contributed by atoms with Crippen molar-refractivity contribution in [1.82, 2.24) is 9.97 Å². The Balaban J connectivity index is 1.74. The maximum absolute atomic E-state index is 4.48. The second kappa shape index (κ2) is 5.11. The largest absolute Gasteiger partial charge is 0.354 e. The first-order valence-corrected chi connectivity index (χ1v) is 7.88. The summed E-state index contributed by atoms with van der Waals surface area (Å²) in [4.78, 5) is 8.85. The third-order valence-corrected chi connectivity index (χ3v) is 4.36. The molecule has 21 heavy (non-hydrogen) atoms. The van der Waals surface area contributed by atoms with Crippen LogP contribution in [0.4, 0.5) is 11.4 Å². The van der Waals surface area contributed by atoms with Crippen LogP contribution in [0.25, 0.3) is 11.0 Å². The fourth-order valence-electron chi connectivity index (χ4n) is 2.91. The Morgan fingerprint density at radius 2 is 1.90 bits per heavy atom. The van der Waals surface area contributed by atoms with Gasteiger partial charge in [-0.2, -0.15) is 0 Å². The van der Waals surface area contributed by atoms with E-state index in [4.69, 9.17) is 0 Å². The summed E-state index contributed by atoms with van der Waals surface area (Å²) in [5.74, 6) is 0. The average molecular weight is 340 g/mol. The fraction of sp³-hybridized carbons (Fsp3) is 0.176. The van der Waals surface area contributed by atoms with Crippen molar-refractivity contribution in [3.8, 4) is 0 Å². The minimum absolute atomic E-state index is 0.885. The van der Waals surface area contributed by atoms with Gasteiger partial charge in [-0.25, -0.2) is 0 Å². The lowest BCUT2D eigenvalue weighted by molar-refractivity contribution is 0.912. The van der Waals surface area contributed by atoms with Gasteiger partial charge in [0.1, 0.15) is 5.52 Å². The van der Waals surface area contributed by atoms with Crippen LogP contribution in [0.15, 0.2) is 47.2 Å². The zero-order valence-electron chi connectivity index (χ0n) is 11.4. The monoisotopic (exact) mass is 339 g/mol. The van der Waals surface area contributed by atoms with Crippen molar-refractivity contribution in [3.05, 3.63) is 58.3 Å². The van der Waals surface area contributed by atoms with Gasteiger partial charge in [0, 0.05) is 22.6 Å². The molecule has 0 saturated carbocycles. The summed E-state index contributed by atoms with van der Waals surface area (Å²) < 4.78 is 0.942. The molecular weight excluding hydrogens is 326 g/mol. The SMILES string of the molecule is Brc1cnc2c(Nc3ccc4c(c3)CCC4)ccnc2c1. The topological polar surface area (TPSA) is 37.8 Å². The van der Waals surface area contributed by atoms with E-state index in [1.807, 2.05) is 18.3 Å². The molecule has 4 heteroatoms. The molecule has 1 aliphatic carbocycles. The second-order valence-corrected chi connectivity index (χ2v) is 6.26. The van der Waals surface area contributed by atoms with Crippen LogP contribution in [0.3, 0.4) is 0 Å². The molecule has 3 nitrogen and oxygen atoms in total. The molecule has 2 heterocycles. The summed E-state index contributed by atoms with van der Waals surface area (Å²) in [6.45, 7) is 0. The molecule has 0 atom stereocenters. The van der Waals surface area contributed by atoms with Crippen LogP contribution in [-0.4, -0.2) is 9.97 Å². The minimum Gasteiger partial charge on any atom is -0.354 e. The Morgan fingerprint density at radius 1 is 1.00 bits per heavy atom. The lowest BCUT2D eigenvalue weighted by Crippen LogP contribution is -1.95. The number of aryl methyl sites for hydroxylation is 2. The molecule has 2 aromatic heterocycles. The predicted octanol–water partition coefficient (Wildman–Crippen LogP) is 4.62. The summed E-state index contributed by atoms with van der Waals surface area (Å²) in [5.41, 5.74) is 6.84. The number of anilines is 2. The first kappa shape index (κ1) is 12.8. The summed E-state index contributed by atoms with van der Waals surface area (Å²) in [6.07, 6.45) is 7.28. The van der Waals surface area contributed by atoms with E-state index in [0.717, 1.165) is 26.9 Å². The number of benzene rings is 1. The number of halogens is 1. The van der Waals surface area contributed by atoms with Gasteiger partial charge in [-0.1, -0.05) is 6.07 Å². The van der Waals surface area contributed by atoms with Crippen LogP contribution < -0.4 is 5.32 Å². The normalized spacial score (nSPS) is 13.4. The third-order valence-electron chi connectivity index (χ3n) is 3.92. The number of fused-ring (bicyclic) bond motifs is 2. The molecule has 0 amide bonds. The second-order valence-electron chi connectivity index (χ2n) is 5.34. The van der Waals surface area contributed by atoms with Gasteiger partial charge in [-0.15, -0.1) is 0 Å². The van der Waals surface area contributed by atoms with Crippen molar-refractivity contribution in [3.63, 3.8) is 0 Å². The molecule has 4 rings (SSSR count). The van der Waals surface area contributed by atoms with Gasteiger partial charge in [0.15, 0.2) is 0 Å². The first-order valence-electron chi connectivity index (χ1n) is 7.09. The van der Waals surface area contributed by atoms with E-state index in [2.05, 4.69) is 49.4 Å². The van der Waals surface area contributed by atoms with E-state index < -0.39 is 0 Å². The van der Waals surface area contributed by atoms with Crippen LogP contribution in [0, 0.1) is 0 Å². The quantitative estimate of drug-likeness (QED) is 0.739. The zero-order chi connectivity index (χ0) is 14.2. The van der Waals surface area contributed by atoms with E-state index in [9.17, 15) is 0 Å². The number of hydrogen-bond acceptors (Lipinski definition) is 3. The lowest BCUT2D eigenvalue weighted by Gasteiger charge is -2.10. The number of nitrogens with zero attached hydrogens (tertiary/aromatic N) is 2. The van der Waals surface area contributed by atoms with Gasteiger partial charge in [-0.05, 0) is 70.6 Å². The summed E-state index contributed by atoms with van der Waals surface area (Å²) in [5, 5.41) is 3.48. The molecule has 0 radical (unpaired) electrons.